The Morgan fingerprint density at radius 1 is 1.07 bits per heavy atom. The van der Waals surface area contributed by atoms with E-state index in [9.17, 15) is 9.59 Å². The van der Waals surface area contributed by atoms with Crippen molar-refractivity contribution < 1.29 is 18.7 Å². The number of furan rings is 1. The number of allylic oxidation sites excluding steroid dienone is 1. The van der Waals surface area contributed by atoms with Gasteiger partial charge in [-0.1, -0.05) is 63.9 Å². The number of rotatable bonds is 10. The zero-order valence-electron chi connectivity index (χ0n) is 22.5. The Balaban J connectivity index is 1.33. The second-order valence-electron chi connectivity index (χ2n) is 9.02. The molecule has 1 aliphatic heterocycles. The van der Waals surface area contributed by atoms with Gasteiger partial charge in [0.25, 0.3) is 11.8 Å². The summed E-state index contributed by atoms with van der Waals surface area (Å²) in [6.45, 7) is -0.0405. The molecular formula is C32H24BrClN4O4S. The van der Waals surface area contributed by atoms with Crippen LogP contribution < -0.4 is 10.1 Å². The van der Waals surface area contributed by atoms with E-state index < -0.39 is 0 Å². The van der Waals surface area contributed by atoms with Gasteiger partial charge in [-0.3, -0.25) is 14.5 Å². The average molecular weight is 676 g/mol. The number of amidine groups is 1. The van der Waals surface area contributed by atoms with Crippen LogP contribution >= 0.6 is 39.3 Å². The highest BCUT2D eigenvalue weighted by Gasteiger charge is 2.34. The third-order valence-corrected chi connectivity index (χ3v) is 7.65. The van der Waals surface area contributed by atoms with E-state index in [4.69, 9.17) is 20.8 Å². The fourth-order valence-electron chi connectivity index (χ4n) is 3.90. The summed E-state index contributed by atoms with van der Waals surface area (Å²) in [6.07, 6.45) is 8.51. The molecule has 2 amide bonds. The second-order valence-corrected chi connectivity index (χ2v) is 11.4. The Morgan fingerprint density at radius 2 is 1.88 bits per heavy atom. The summed E-state index contributed by atoms with van der Waals surface area (Å²) in [5.41, 5.74) is 2.25. The Bertz CT molecular complexity index is 1710. The van der Waals surface area contributed by atoms with Crippen molar-refractivity contribution in [3.63, 3.8) is 0 Å². The smallest absolute Gasteiger partial charge is 0.267 e. The number of nitrogens with zero attached hydrogens (tertiary/aromatic N) is 3. The van der Waals surface area contributed by atoms with Gasteiger partial charge in [0.05, 0.1) is 17.7 Å². The van der Waals surface area contributed by atoms with Crippen molar-refractivity contribution in [1.29, 1.82) is 0 Å². The van der Waals surface area contributed by atoms with E-state index in [1.165, 1.54) is 16.7 Å². The number of halogens is 2. The molecule has 3 aromatic carbocycles. The minimum atomic E-state index is -0.339. The lowest BCUT2D eigenvalue weighted by molar-refractivity contribution is -0.122. The Hall–Kier alpha value is -4.38. The van der Waals surface area contributed by atoms with Crippen molar-refractivity contribution in [1.82, 2.24) is 4.90 Å². The van der Waals surface area contributed by atoms with E-state index in [1.807, 2.05) is 42.5 Å². The van der Waals surface area contributed by atoms with Crippen LogP contribution in [0.25, 0.3) is 12.2 Å². The van der Waals surface area contributed by atoms with Gasteiger partial charge in [0.15, 0.2) is 11.8 Å². The van der Waals surface area contributed by atoms with Gasteiger partial charge >= 0.3 is 0 Å². The molecule has 0 bridgehead atoms. The van der Waals surface area contributed by atoms with Crippen LogP contribution in [-0.2, 0) is 16.1 Å². The Kier molecular flexibility index (Phi) is 10.3. The maximum absolute atomic E-state index is 13.5. The molecule has 1 N–H and O–H groups in total. The molecule has 0 aliphatic carbocycles. The number of thioether (sulfide) groups is 1. The van der Waals surface area contributed by atoms with Crippen LogP contribution in [0.15, 0.2) is 121 Å². The summed E-state index contributed by atoms with van der Waals surface area (Å²) in [7, 11) is 0. The first-order chi connectivity index (χ1) is 20.9. The molecule has 0 saturated carbocycles. The number of hydrogen-bond donors (Lipinski definition) is 1. The minimum absolute atomic E-state index is 0.192. The maximum Gasteiger partial charge on any atom is 0.267 e. The minimum Gasteiger partial charge on any atom is -0.483 e. The van der Waals surface area contributed by atoms with Crippen LogP contribution in [0.5, 0.6) is 5.75 Å². The molecule has 43 heavy (non-hydrogen) atoms. The lowest BCUT2D eigenvalue weighted by Crippen LogP contribution is -2.28. The van der Waals surface area contributed by atoms with Crippen LogP contribution in [0.4, 0.5) is 5.69 Å². The molecule has 5 rings (SSSR count). The van der Waals surface area contributed by atoms with Crippen LogP contribution in [-0.4, -0.2) is 34.7 Å². The molecule has 1 saturated heterocycles. The van der Waals surface area contributed by atoms with Crippen molar-refractivity contribution >= 4 is 80.3 Å². The van der Waals surface area contributed by atoms with E-state index in [0.29, 0.717) is 37.9 Å². The fraction of sp³-hybridized carbons (Fsp3) is 0.0625. The molecule has 2 heterocycles. The number of ether oxygens (including phenoxy) is 1. The van der Waals surface area contributed by atoms with Crippen molar-refractivity contribution in [2.75, 3.05) is 11.9 Å². The lowest BCUT2D eigenvalue weighted by Gasteiger charge is -2.13. The molecule has 1 aliphatic rings. The van der Waals surface area contributed by atoms with E-state index in [0.717, 1.165) is 10.0 Å². The summed E-state index contributed by atoms with van der Waals surface area (Å²) in [5, 5.41) is 12.2. The number of carbonyl (C=O) groups is 2. The highest BCUT2D eigenvalue weighted by molar-refractivity contribution is 9.10. The first-order valence-electron chi connectivity index (χ1n) is 13.0. The standard InChI is InChI=1S/C32H24BrClN4O4S/c33-24-10-15-28(42-21-30(39)36-26-13-11-25(34)12-14-26)23(18-24)19-29-31(40)38(20-27-9-5-17-41-27)32(43-29)37-35-16-4-8-22-6-2-1-3-7-22/h1-19H,20-21H2,(H,36,39)/b8-4+,29-19-,35-16-,37-32+. The summed E-state index contributed by atoms with van der Waals surface area (Å²) < 4.78 is 12.1. The van der Waals surface area contributed by atoms with E-state index in [2.05, 4.69) is 31.4 Å². The van der Waals surface area contributed by atoms with Gasteiger partial charge in [0.2, 0.25) is 0 Å². The first kappa shape index (κ1) is 30.1. The van der Waals surface area contributed by atoms with Crippen LogP contribution in [0.2, 0.25) is 5.02 Å². The maximum atomic E-state index is 13.5. The topological polar surface area (TPSA) is 96.5 Å². The summed E-state index contributed by atoms with van der Waals surface area (Å²) in [4.78, 5) is 28.0. The third kappa shape index (κ3) is 8.57. The van der Waals surface area contributed by atoms with Gasteiger partial charge in [-0.2, -0.15) is 5.10 Å². The summed E-state index contributed by atoms with van der Waals surface area (Å²) >= 11 is 10.6. The van der Waals surface area contributed by atoms with Crippen molar-refractivity contribution in [3.05, 3.63) is 129 Å². The van der Waals surface area contributed by atoms with Crippen LogP contribution in [0, 0.1) is 0 Å². The average Bonchev–Trinajstić information content (AvgIpc) is 3.62. The highest BCUT2D eigenvalue weighted by atomic mass is 79.9. The van der Waals surface area contributed by atoms with Crippen molar-refractivity contribution in [2.24, 2.45) is 10.2 Å². The van der Waals surface area contributed by atoms with E-state index in [1.54, 1.807) is 73.2 Å². The number of hydrogen-bond acceptors (Lipinski definition) is 7. The van der Waals surface area contributed by atoms with Gasteiger partial charge in [-0.15, -0.1) is 5.10 Å². The second kappa shape index (κ2) is 14.7. The van der Waals surface area contributed by atoms with Gasteiger partial charge in [0, 0.05) is 27.0 Å². The molecule has 1 aromatic heterocycles. The predicted octanol–water partition coefficient (Wildman–Crippen LogP) is 7.88. The van der Waals surface area contributed by atoms with Crippen molar-refractivity contribution in [2.45, 2.75) is 6.54 Å². The molecule has 0 atom stereocenters. The molecule has 0 spiro atoms. The van der Waals surface area contributed by atoms with Gasteiger partial charge in [0.1, 0.15) is 11.5 Å². The number of benzene rings is 3. The SMILES string of the molecule is O=C(COc1ccc(Br)cc1/C=C1\S/C(=N/N=C\C=C\c2ccccc2)N(Cc2ccco2)C1=O)Nc1ccc(Cl)cc1. The normalized spacial score (nSPS) is 15.3. The van der Waals surface area contributed by atoms with Gasteiger partial charge in [-0.25, -0.2) is 0 Å². The monoisotopic (exact) mass is 674 g/mol. The number of carbonyl (C=O) groups excluding carboxylic acids is 2. The Labute approximate surface area is 265 Å². The third-order valence-electron chi connectivity index (χ3n) is 5.91. The molecule has 1 fully saturated rings. The molecule has 8 nitrogen and oxygen atoms in total. The molecule has 4 aromatic rings. The molecular weight excluding hydrogens is 652 g/mol. The zero-order chi connectivity index (χ0) is 30.0. The zero-order valence-corrected chi connectivity index (χ0v) is 25.7. The first-order valence-corrected chi connectivity index (χ1v) is 15.0. The molecule has 216 valence electrons. The summed E-state index contributed by atoms with van der Waals surface area (Å²) in [6, 6.07) is 25.5. The number of amides is 2. The van der Waals surface area contributed by atoms with E-state index in [-0.39, 0.29) is 25.0 Å². The molecule has 11 heteroatoms. The molecule has 0 radical (unpaired) electrons. The highest BCUT2D eigenvalue weighted by Crippen LogP contribution is 2.36. The Morgan fingerprint density at radius 3 is 2.65 bits per heavy atom. The quantitative estimate of drug-likeness (QED) is 0.105. The fourth-order valence-corrected chi connectivity index (χ4v) is 5.33. The number of nitrogens with one attached hydrogen (secondary N) is 1. The van der Waals surface area contributed by atoms with Crippen molar-refractivity contribution in [3.8, 4) is 5.75 Å². The number of anilines is 1. The van der Waals surface area contributed by atoms with E-state index >= 15 is 0 Å². The van der Waals surface area contributed by atoms with Crippen LogP contribution in [0.1, 0.15) is 16.9 Å². The summed E-state index contributed by atoms with van der Waals surface area (Å²) in [5.74, 6) is 0.436. The van der Waals surface area contributed by atoms with Gasteiger partial charge < -0.3 is 14.5 Å². The predicted molar refractivity (Wildman–Crippen MR) is 176 cm³/mol. The van der Waals surface area contributed by atoms with Gasteiger partial charge in [-0.05, 0) is 84.1 Å². The largest absolute Gasteiger partial charge is 0.483 e. The van der Waals surface area contributed by atoms with Crippen LogP contribution in [0.3, 0.4) is 0 Å². The lowest BCUT2D eigenvalue weighted by atomic mass is 10.2. The molecule has 0 unspecified atom stereocenters.